The van der Waals surface area contributed by atoms with Crippen molar-refractivity contribution in [2.75, 3.05) is 0 Å². The van der Waals surface area contributed by atoms with E-state index in [1.54, 1.807) is 35.5 Å². The van der Waals surface area contributed by atoms with Crippen molar-refractivity contribution >= 4 is 23.1 Å². The average Bonchev–Trinajstić information content (AvgIpc) is 3.34. The number of aromatic nitrogens is 5. The lowest BCUT2D eigenvalue weighted by atomic mass is 10.0. The Labute approximate surface area is 172 Å². The van der Waals surface area contributed by atoms with Crippen LogP contribution < -0.4 is 0 Å². The number of hydrogen-bond donors (Lipinski definition) is 0. The van der Waals surface area contributed by atoms with Gasteiger partial charge in [-0.15, -0.1) is 21.5 Å². The van der Waals surface area contributed by atoms with E-state index in [0.717, 1.165) is 33.0 Å². The maximum absolute atomic E-state index is 4.80. The number of thioether (sulfide) groups is 1. The van der Waals surface area contributed by atoms with Crippen molar-refractivity contribution in [1.82, 2.24) is 24.7 Å². The van der Waals surface area contributed by atoms with Crippen molar-refractivity contribution in [3.63, 3.8) is 0 Å². The molecule has 28 heavy (non-hydrogen) atoms. The summed E-state index contributed by atoms with van der Waals surface area (Å²) in [6.45, 7) is 4.42. The number of benzene rings is 1. The lowest BCUT2D eigenvalue weighted by Gasteiger charge is -2.05. The molecule has 142 valence electrons. The van der Waals surface area contributed by atoms with Crippen LogP contribution in [0, 0.1) is 0 Å². The standard InChI is InChI=1S/C21H21N5S2/c1-14(2)15-4-6-17(7-5-15)20-23-18(12-27-20)13-28-21-25-24-19(26(21)3)16-8-10-22-11-9-16/h4-12,14H,13H2,1-3H3. The molecule has 0 aliphatic carbocycles. The Bertz CT molecular complexity index is 1050. The van der Waals surface area contributed by atoms with Crippen LogP contribution in [0.25, 0.3) is 22.0 Å². The molecule has 1 aromatic carbocycles. The first-order chi connectivity index (χ1) is 13.6. The van der Waals surface area contributed by atoms with E-state index < -0.39 is 0 Å². The Morgan fingerprint density at radius 1 is 1.00 bits per heavy atom. The third-order valence-electron chi connectivity index (χ3n) is 4.50. The van der Waals surface area contributed by atoms with Crippen LogP contribution in [0.15, 0.2) is 59.3 Å². The highest BCUT2D eigenvalue weighted by atomic mass is 32.2. The Morgan fingerprint density at radius 3 is 2.46 bits per heavy atom. The van der Waals surface area contributed by atoms with Gasteiger partial charge in [-0.05, 0) is 23.6 Å². The van der Waals surface area contributed by atoms with Crippen LogP contribution in [0.4, 0.5) is 0 Å². The van der Waals surface area contributed by atoms with Gasteiger partial charge >= 0.3 is 0 Å². The first-order valence-electron chi connectivity index (χ1n) is 9.09. The number of hydrogen-bond acceptors (Lipinski definition) is 6. The molecule has 3 aromatic heterocycles. The molecule has 0 radical (unpaired) electrons. The highest BCUT2D eigenvalue weighted by Crippen LogP contribution is 2.29. The molecule has 0 bridgehead atoms. The summed E-state index contributed by atoms with van der Waals surface area (Å²) in [6, 6.07) is 12.6. The molecule has 3 heterocycles. The molecular formula is C21H21N5S2. The quantitative estimate of drug-likeness (QED) is 0.400. The molecule has 0 N–H and O–H groups in total. The summed E-state index contributed by atoms with van der Waals surface area (Å²) in [7, 11) is 1.99. The van der Waals surface area contributed by atoms with Crippen LogP contribution in [-0.4, -0.2) is 24.7 Å². The molecule has 0 aliphatic rings. The summed E-state index contributed by atoms with van der Waals surface area (Å²) in [4.78, 5) is 8.85. The maximum atomic E-state index is 4.80. The van der Waals surface area contributed by atoms with Gasteiger partial charge in [-0.1, -0.05) is 49.9 Å². The second-order valence-corrected chi connectivity index (χ2v) is 8.61. The Kier molecular flexibility index (Phi) is 5.54. The van der Waals surface area contributed by atoms with E-state index in [1.807, 2.05) is 23.7 Å². The first kappa shape index (κ1) is 18.8. The molecule has 4 aromatic rings. The van der Waals surface area contributed by atoms with Gasteiger partial charge < -0.3 is 4.57 Å². The molecule has 0 fully saturated rings. The highest BCUT2D eigenvalue weighted by Gasteiger charge is 2.12. The van der Waals surface area contributed by atoms with Gasteiger partial charge in [0.2, 0.25) is 0 Å². The van der Waals surface area contributed by atoms with Gasteiger partial charge in [0.05, 0.1) is 5.69 Å². The first-order valence-corrected chi connectivity index (χ1v) is 11.0. The van der Waals surface area contributed by atoms with E-state index >= 15 is 0 Å². The number of rotatable bonds is 6. The van der Waals surface area contributed by atoms with E-state index in [9.17, 15) is 0 Å². The molecule has 0 unspecified atom stereocenters. The zero-order chi connectivity index (χ0) is 19.5. The van der Waals surface area contributed by atoms with Crippen molar-refractivity contribution in [3.8, 4) is 22.0 Å². The van der Waals surface area contributed by atoms with Crippen LogP contribution in [0.3, 0.4) is 0 Å². The van der Waals surface area contributed by atoms with Gasteiger partial charge in [0, 0.05) is 41.7 Å². The fourth-order valence-electron chi connectivity index (χ4n) is 2.85. The second-order valence-electron chi connectivity index (χ2n) is 6.81. The third-order valence-corrected chi connectivity index (χ3v) is 6.49. The predicted molar refractivity (Wildman–Crippen MR) is 115 cm³/mol. The van der Waals surface area contributed by atoms with Crippen molar-refractivity contribution in [2.24, 2.45) is 7.05 Å². The summed E-state index contributed by atoms with van der Waals surface area (Å²) in [6.07, 6.45) is 3.53. The fraction of sp³-hybridized carbons (Fsp3) is 0.238. The second kappa shape index (κ2) is 8.24. The molecular weight excluding hydrogens is 386 g/mol. The summed E-state index contributed by atoms with van der Waals surface area (Å²) in [5.41, 5.74) is 4.59. The van der Waals surface area contributed by atoms with Crippen LogP contribution in [0.5, 0.6) is 0 Å². The van der Waals surface area contributed by atoms with Gasteiger partial charge in [-0.2, -0.15) is 0 Å². The zero-order valence-electron chi connectivity index (χ0n) is 16.0. The minimum absolute atomic E-state index is 0.542. The van der Waals surface area contributed by atoms with Crippen molar-refractivity contribution in [2.45, 2.75) is 30.7 Å². The smallest absolute Gasteiger partial charge is 0.191 e. The minimum atomic E-state index is 0.542. The third kappa shape index (κ3) is 4.00. The summed E-state index contributed by atoms with van der Waals surface area (Å²) < 4.78 is 2.01. The van der Waals surface area contributed by atoms with Crippen LogP contribution in [0.2, 0.25) is 0 Å². The van der Waals surface area contributed by atoms with Crippen molar-refractivity contribution < 1.29 is 0 Å². The maximum Gasteiger partial charge on any atom is 0.191 e. The Balaban J connectivity index is 1.45. The topological polar surface area (TPSA) is 56.5 Å². The zero-order valence-corrected chi connectivity index (χ0v) is 17.7. The number of nitrogens with zero attached hydrogens (tertiary/aromatic N) is 5. The van der Waals surface area contributed by atoms with Crippen LogP contribution >= 0.6 is 23.1 Å². The largest absolute Gasteiger partial charge is 0.305 e. The van der Waals surface area contributed by atoms with E-state index in [0.29, 0.717) is 5.92 Å². The molecule has 0 aliphatic heterocycles. The number of pyridine rings is 1. The van der Waals surface area contributed by atoms with E-state index in [4.69, 9.17) is 4.98 Å². The van der Waals surface area contributed by atoms with Gasteiger partial charge in [0.25, 0.3) is 0 Å². The van der Waals surface area contributed by atoms with Gasteiger partial charge in [0.15, 0.2) is 11.0 Å². The molecule has 0 spiro atoms. The fourth-order valence-corrected chi connectivity index (χ4v) is 4.58. The van der Waals surface area contributed by atoms with E-state index in [2.05, 4.69) is 58.7 Å². The molecule has 0 atom stereocenters. The summed E-state index contributed by atoms with van der Waals surface area (Å²) >= 11 is 3.33. The Hall–Kier alpha value is -2.51. The van der Waals surface area contributed by atoms with Gasteiger partial charge in [-0.25, -0.2) is 4.98 Å². The van der Waals surface area contributed by atoms with Crippen molar-refractivity contribution in [3.05, 3.63) is 65.4 Å². The van der Waals surface area contributed by atoms with Crippen LogP contribution in [-0.2, 0) is 12.8 Å². The lowest BCUT2D eigenvalue weighted by molar-refractivity contribution is 0.793. The molecule has 4 rings (SSSR count). The minimum Gasteiger partial charge on any atom is -0.305 e. The average molecular weight is 408 g/mol. The normalized spacial score (nSPS) is 11.3. The van der Waals surface area contributed by atoms with Gasteiger partial charge in [-0.3, -0.25) is 4.98 Å². The monoisotopic (exact) mass is 407 g/mol. The summed E-state index contributed by atoms with van der Waals surface area (Å²) in [5, 5.41) is 12.7. The van der Waals surface area contributed by atoms with E-state index in [-0.39, 0.29) is 0 Å². The molecule has 0 saturated carbocycles. The van der Waals surface area contributed by atoms with Crippen LogP contribution in [0.1, 0.15) is 31.0 Å². The van der Waals surface area contributed by atoms with Crippen molar-refractivity contribution in [1.29, 1.82) is 0 Å². The predicted octanol–water partition coefficient (Wildman–Crippen LogP) is 5.42. The van der Waals surface area contributed by atoms with E-state index in [1.165, 1.54) is 11.1 Å². The summed E-state index contributed by atoms with van der Waals surface area (Å²) in [5.74, 6) is 2.15. The molecule has 0 amide bonds. The van der Waals surface area contributed by atoms with Gasteiger partial charge in [0.1, 0.15) is 5.01 Å². The Morgan fingerprint density at radius 2 is 1.75 bits per heavy atom. The highest BCUT2D eigenvalue weighted by molar-refractivity contribution is 7.98. The molecule has 0 saturated heterocycles. The number of thiazole rings is 1. The SMILES string of the molecule is CC(C)c1ccc(-c2nc(CSc3nnc(-c4ccncc4)n3C)cs2)cc1. The molecule has 5 nitrogen and oxygen atoms in total. The molecule has 7 heteroatoms. The lowest BCUT2D eigenvalue weighted by Crippen LogP contribution is -1.95.